The molecule has 1 amide bonds. The van der Waals surface area contributed by atoms with E-state index in [4.69, 9.17) is 4.74 Å². The molecule has 0 atom stereocenters. The van der Waals surface area contributed by atoms with Crippen molar-refractivity contribution >= 4 is 23.6 Å². The normalized spacial score (nSPS) is 10.6. The molecule has 7 heteroatoms. The highest BCUT2D eigenvalue weighted by Gasteiger charge is 2.11. The van der Waals surface area contributed by atoms with Crippen LogP contribution in [0.15, 0.2) is 59.5 Å². The molecule has 0 heterocycles. The molecule has 0 saturated carbocycles. The first-order chi connectivity index (χ1) is 12.5. The molecule has 2 rings (SSSR count). The number of carbonyl (C=O) groups excluding carboxylic acids is 2. The number of aryl methyl sites for hydroxylation is 1. The van der Waals surface area contributed by atoms with Gasteiger partial charge in [0.05, 0.1) is 5.56 Å². The molecule has 0 aliphatic heterocycles. The number of alkyl halides is 2. The lowest BCUT2D eigenvalue weighted by atomic mass is 10.1. The van der Waals surface area contributed by atoms with E-state index in [-0.39, 0.29) is 18.1 Å². The van der Waals surface area contributed by atoms with Crippen LogP contribution in [0.4, 0.5) is 8.78 Å². The maximum absolute atomic E-state index is 12.2. The van der Waals surface area contributed by atoms with Crippen LogP contribution in [0, 0.1) is 0 Å². The molecule has 0 bridgehead atoms. The summed E-state index contributed by atoms with van der Waals surface area (Å²) in [5.74, 6) is -3.56. The number of nitrogens with one attached hydrogen (secondary N) is 1. The van der Waals surface area contributed by atoms with E-state index in [1.165, 1.54) is 29.8 Å². The highest BCUT2D eigenvalue weighted by molar-refractivity contribution is 7.99. The molecule has 26 heavy (non-hydrogen) atoms. The molecule has 0 aliphatic carbocycles. The van der Waals surface area contributed by atoms with Gasteiger partial charge >= 0.3 is 5.97 Å². The van der Waals surface area contributed by atoms with E-state index in [0.717, 1.165) is 12.8 Å². The summed E-state index contributed by atoms with van der Waals surface area (Å²) in [5, 5.41) is 2.69. The third kappa shape index (κ3) is 7.23. The SMILES string of the molecule is O=C(COC(=O)c1ccc(SC(F)F)cc1)NCCCc1ccccc1. The molecule has 0 aromatic heterocycles. The lowest BCUT2D eigenvalue weighted by Crippen LogP contribution is -2.29. The quantitative estimate of drug-likeness (QED) is 0.408. The molecule has 0 spiro atoms. The van der Waals surface area contributed by atoms with Crippen LogP contribution in [-0.2, 0) is 16.0 Å². The predicted octanol–water partition coefficient (Wildman–Crippen LogP) is 3.91. The molecule has 2 aromatic carbocycles. The average Bonchev–Trinajstić information content (AvgIpc) is 2.64. The maximum Gasteiger partial charge on any atom is 0.338 e. The van der Waals surface area contributed by atoms with E-state index in [2.05, 4.69) is 5.32 Å². The largest absolute Gasteiger partial charge is 0.452 e. The van der Waals surface area contributed by atoms with Gasteiger partial charge < -0.3 is 10.1 Å². The van der Waals surface area contributed by atoms with Gasteiger partial charge in [-0.3, -0.25) is 4.79 Å². The molecule has 4 nitrogen and oxygen atoms in total. The van der Waals surface area contributed by atoms with Crippen molar-refractivity contribution in [2.75, 3.05) is 13.2 Å². The van der Waals surface area contributed by atoms with Gasteiger partial charge in [-0.05, 0) is 42.7 Å². The third-order valence-corrected chi connectivity index (χ3v) is 4.18. The molecule has 0 aliphatic rings. The Bertz CT molecular complexity index is 708. The summed E-state index contributed by atoms with van der Waals surface area (Å²) in [4.78, 5) is 23.9. The summed E-state index contributed by atoms with van der Waals surface area (Å²) in [7, 11) is 0. The summed E-state index contributed by atoms with van der Waals surface area (Å²) in [6.07, 6.45) is 1.64. The van der Waals surface area contributed by atoms with Crippen molar-refractivity contribution < 1.29 is 23.1 Å². The Hall–Kier alpha value is -2.41. The van der Waals surface area contributed by atoms with E-state index in [1.54, 1.807) is 0 Å². The van der Waals surface area contributed by atoms with Crippen molar-refractivity contribution in [2.45, 2.75) is 23.5 Å². The molecule has 1 N–H and O–H groups in total. The van der Waals surface area contributed by atoms with Gasteiger partial charge in [0, 0.05) is 11.4 Å². The maximum atomic E-state index is 12.2. The number of hydrogen-bond acceptors (Lipinski definition) is 4. The Morgan fingerprint density at radius 2 is 1.73 bits per heavy atom. The van der Waals surface area contributed by atoms with Gasteiger partial charge in [0.25, 0.3) is 11.7 Å². The van der Waals surface area contributed by atoms with Gasteiger partial charge in [-0.15, -0.1) is 0 Å². The van der Waals surface area contributed by atoms with Crippen molar-refractivity contribution in [3.63, 3.8) is 0 Å². The fourth-order valence-electron chi connectivity index (χ4n) is 2.20. The van der Waals surface area contributed by atoms with Crippen LogP contribution >= 0.6 is 11.8 Å². The van der Waals surface area contributed by atoms with Crippen molar-refractivity contribution in [1.82, 2.24) is 5.32 Å². The number of esters is 1. The minimum atomic E-state index is -2.52. The highest BCUT2D eigenvalue weighted by atomic mass is 32.2. The van der Waals surface area contributed by atoms with Gasteiger partial charge in [-0.1, -0.05) is 42.1 Å². The Kier molecular flexibility index (Phi) is 8.08. The molecule has 0 fully saturated rings. The lowest BCUT2D eigenvalue weighted by Gasteiger charge is -2.07. The summed E-state index contributed by atoms with van der Waals surface area (Å²) >= 11 is 0.397. The number of rotatable bonds is 9. The molecular weight excluding hydrogens is 360 g/mol. The topological polar surface area (TPSA) is 55.4 Å². The van der Waals surface area contributed by atoms with E-state index >= 15 is 0 Å². The smallest absolute Gasteiger partial charge is 0.338 e. The molecule has 138 valence electrons. The van der Waals surface area contributed by atoms with Gasteiger partial charge in [0.15, 0.2) is 6.61 Å². The summed E-state index contributed by atoms with van der Waals surface area (Å²) in [6.45, 7) is 0.114. The van der Waals surface area contributed by atoms with Gasteiger partial charge in [0.1, 0.15) is 0 Å². The van der Waals surface area contributed by atoms with E-state index < -0.39 is 11.7 Å². The van der Waals surface area contributed by atoms with Crippen molar-refractivity contribution in [3.05, 3.63) is 65.7 Å². The number of hydrogen-bond donors (Lipinski definition) is 1. The van der Waals surface area contributed by atoms with Crippen molar-refractivity contribution in [2.24, 2.45) is 0 Å². The second kappa shape index (κ2) is 10.6. The predicted molar refractivity (Wildman–Crippen MR) is 96.4 cm³/mol. The summed E-state index contributed by atoms with van der Waals surface area (Å²) < 4.78 is 29.4. The number of thioether (sulfide) groups is 1. The lowest BCUT2D eigenvalue weighted by molar-refractivity contribution is -0.124. The second-order valence-electron chi connectivity index (χ2n) is 5.42. The highest BCUT2D eigenvalue weighted by Crippen LogP contribution is 2.25. The average molecular weight is 379 g/mol. The first-order valence-corrected chi connectivity index (χ1v) is 8.95. The number of amides is 1. The number of halogens is 2. The standard InChI is InChI=1S/C19H19F2NO3S/c20-19(21)26-16-10-8-15(9-11-16)18(24)25-13-17(23)22-12-4-7-14-5-2-1-3-6-14/h1-3,5-6,8-11,19H,4,7,12-13H2,(H,22,23). The Labute approximate surface area is 154 Å². The monoisotopic (exact) mass is 379 g/mol. The fraction of sp³-hybridized carbons (Fsp3) is 0.263. The second-order valence-corrected chi connectivity index (χ2v) is 6.48. The zero-order valence-electron chi connectivity index (χ0n) is 14.0. The Morgan fingerprint density at radius 1 is 1.04 bits per heavy atom. The Balaban J connectivity index is 1.65. The van der Waals surface area contributed by atoms with Gasteiger partial charge in [-0.2, -0.15) is 8.78 Å². The molecule has 0 saturated heterocycles. The molecule has 0 radical (unpaired) electrons. The van der Waals surface area contributed by atoms with E-state index in [9.17, 15) is 18.4 Å². The molecular formula is C19H19F2NO3S. The zero-order valence-corrected chi connectivity index (χ0v) is 14.8. The first-order valence-electron chi connectivity index (χ1n) is 8.07. The van der Waals surface area contributed by atoms with E-state index in [1.807, 2.05) is 30.3 Å². The van der Waals surface area contributed by atoms with E-state index in [0.29, 0.717) is 23.2 Å². The van der Waals surface area contributed by atoms with Gasteiger partial charge in [0.2, 0.25) is 0 Å². The molecule has 2 aromatic rings. The first kappa shape index (κ1) is 19.9. The minimum absolute atomic E-state index is 0.209. The van der Waals surface area contributed by atoms with Crippen LogP contribution in [0.3, 0.4) is 0 Å². The molecule has 0 unspecified atom stereocenters. The number of benzene rings is 2. The van der Waals surface area contributed by atoms with Crippen LogP contribution in [0.2, 0.25) is 0 Å². The number of ether oxygens (including phenoxy) is 1. The van der Waals surface area contributed by atoms with Gasteiger partial charge in [-0.25, -0.2) is 4.79 Å². The van der Waals surface area contributed by atoms with Crippen molar-refractivity contribution in [1.29, 1.82) is 0 Å². The minimum Gasteiger partial charge on any atom is -0.452 e. The zero-order chi connectivity index (χ0) is 18.8. The summed E-state index contributed by atoms with van der Waals surface area (Å²) in [6, 6.07) is 15.5. The van der Waals surface area contributed by atoms with Crippen LogP contribution in [0.5, 0.6) is 0 Å². The Morgan fingerprint density at radius 3 is 2.38 bits per heavy atom. The summed E-state index contributed by atoms with van der Waals surface area (Å²) in [5.41, 5.74) is 1.40. The fourth-order valence-corrected chi connectivity index (χ4v) is 2.70. The van der Waals surface area contributed by atoms with Crippen molar-refractivity contribution in [3.8, 4) is 0 Å². The number of carbonyl (C=O) groups is 2. The van der Waals surface area contributed by atoms with Crippen LogP contribution in [-0.4, -0.2) is 30.8 Å². The van der Waals surface area contributed by atoms with Crippen LogP contribution in [0.25, 0.3) is 0 Å². The third-order valence-electron chi connectivity index (χ3n) is 3.46. The van der Waals surface area contributed by atoms with Crippen LogP contribution in [0.1, 0.15) is 22.3 Å². The van der Waals surface area contributed by atoms with Crippen LogP contribution < -0.4 is 5.32 Å².